The number of Topliss-reactive ketones (excluding diaryl/α,β-unsaturated/α-hetero) is 2. The molecule has 0 amide bonds. The van der Waals surface area contributed by atoms with Gasteiger partial charge in [0.05, 0.1) is 12.1 Å². The summed E-state index contributed by atoms with van der Waals surface area (Å²) in [5, 5.41) is 0. The quantitative estimate of drug-likeness (QED) is 0.396. The van der Waals surface area contributed by atoms with Gasteiger partial charge in [-0.15, -0.1) is 0 Å². The van der Waals surface area contributed by atoms with Gasteiger partial charge < -0.3 is 0 Å². The Morgan fingerprint density at radius 1 is 1.42 bits per heavy atom. The van der Waals surface area contributed by atoms with E-state index in [-0.39, 0.29) is 23.7 Å². The topological polar surface area (TPSA) is 46.5 Å². The van der Waals surface area contributed by atoms with Crippen molar-refractivity contribution in [2.24, 2.45) is 4.99 Å². The van der Waals surface area contributed by atoms with Crippen molar-refractivity contribution < 1.29 is 9.59 Å². The van der Waals surface area contributed by atoms with Crippen LogP contribution in [-0.4, -0.2) is 17.8 Å². The summed E-state index contributed by atoms with van der Waals surface area (Å²) in [7, 11) is 0. The molecule has 0 aliphatic carbocycles. The van der Waals surface area contributed by atoms with Crippen LogP contribution < -0.4 is 0 Å². The fourth-order valence-electron chi connectivity index (χ4n) is 0.819. The largest absolute Gasteiger partial charge is 0.299 e. The Balaban J connectivity index is 2.80. The summed E-state index contributed by atoms with van der Waals surface area (Å²) in [6.45, 7) is 3.44. The summed E-state index contributed by atoms with van der Waals surface area (Å²) in [6, 6.07) is 0. The van der Waals surface area contributed by atoms with E-state index in [1.165, 1.54) is 6.21 Å². The zero-order valence-corrected chi connectivity index (χ0v) is 6.62. The van der Waals surface area contributed by atoms with Gasteiger partial charge in [0.15, 0.2) is 5.78 Å². The minimum Gasteiger partial charge on any atom is -0.299 e. The maximum Gasteiger partial charge on any atom is 0.187 e. The van der Waals surface area contributed by atoms with E-state index >= 15 is 0 Å². The van der Waals surface area contributed by atoms with Crippen LogP contribution in [0.3, 0.4) is 0 Å². The minimum atomic E-state index is -0.292. The van der Waals surface area contributed by atoms with Crippen LogP contribution in [0.2, 0.25) is 0 Å². The van der Waals surface area contributed by atoms with E-state index in [4.69, 9.17) is 0 Å². The lowest BCUT2D eigenvalue weighted by Gasteiger charge is -1.94. The second kappa shape index (κ2) is 3.76. The van der Waals surface area contributed by atoms with Crippen molar-refractivity contribution in [2.75, 3.05) is 0 Å². The molecule has 0 unspecified atom stereocenters. The Bertz CT molecular complexity index is 287. The number of aliphatic imine (C=N–C) groups is 1. The van der Waals surface area contributed by atoms with Crippen LogP contribution >= 0.6 is 0 Å². The smallest absolute Gasteiger partial charge is 0.187 e. The molecule has 0 saturated carbocycles. The second-order valence-electron chi connectivity index (χ2n) is 2.50. The molecule has 62 valence electrons. The highest BCUT2D eigenvalue weighted by Gasteiger charge is 2.11. The van der Waals surface area contributed by atoms with Crippen molar-refractivity contribution in [2.45, 2.75) is 12.8 Å². The highest BCUT2D eigenvalue weighted by molar-refractivity contribution is 6.08. The molecule has 1 rings (SSSR count). The molecule has 0 aromatic carbocycles. The third-order valence-electron chi connectivity index (χ3n) is 1.48. The van der Waals surface area contributed by atoms with Crippen molar-refractivity contribution in [1.29, 1.82) is 0 Å². The molecule has 1 aliphatic rings. The lowest BCUT2D eigenvalue weighted by atomic mass is 10.1. The predicted octanol–water partition coefficient (Wildman–Crippen LogP) is 1.06. The first-order valence-electron chi connectivity index (χ1n) is 3.63. The molecule has 1 aliphatic heterocycles. The molecule has 12 heavy (non-hydrogen) atoms. The molecule has 0 fully saturated rings. The molecular weight excluding hydrogens is 154 g/mol. The Kier molecular flexibility index (Phi) is 2.69. The molecule has 0 bridgehead atoms. The van der Waals surface area contributed by atoms with E-state index in [0.717, 1.165) is 0 Å². The minimum absolute atomic E-state index is 0.0828. The van der Waals surface area contributed by atoms with Crippen LogP contribution in [0.1, 0.15) is 12.8 Å². The zero-order valence-electron chi connectivity index (χ0n) is 6.62. The number of allylic oxidation sites excluding steroid dienone is 3. The normalized spacial score (nSPS) is 21.5. The van der Waals surface area contributed by atoms with E-state index in [0.29, 0.717) is 6.42 Å². The van der Waals surface area contributed by atoms with Gasteiger partial charge in [0.1, 0.15) is 5.78 Å². The van der Waals surface area contributed by atoms with Gasteiger partial charge in [-0.2, -0.15) is 0 Å². The fourth-order valence-corrected chi connectivity index (χ4v) is 0.819. The molecule has 0 aromatic rings. The monoisotopic (exact) mass is 163 g/mol. The van der Waals surface area contributed by atoms with E-state index in [9.17, 15) is 9.59 Å². The van der Waals surface area contributed by atoms with Crippen molar-refractivity contribution >= 4 is 17.8 Å². The van der Waals surface area contributed by atoms with Crippen LogP contribution in [0.4, 0.5) is 0 Å². The third kappa shape index (κ3) is 2.27. The molecule has 1 heterocycles. The number of rotatable bonds is 0. The number of hydrogen-bond donors (Lipinski definition) is 0. The standard InChI is InChI=1S/C9H9NO2/c1-7-9(12)6-8(11)4-2-3-5-10-7/h2-3,5H,1,4,6H2/b3-2-,10-5?. The van der Waals surface area contributed by atoms with Gasteiger partial charge in [-0.1, -0.05) is 12.7 Å². The molecule has 0 atom stereocenters. The molecule has 0 N–H and O–H groups in total. The molecule has 0 spiro atoms. The van der Waals surface area contributed by atoms with E-state index in [2.05, 4.69) is 11.6 Å². The zero-order chi connectivity index (χ0) is 8.97. The molecule has 0 saturated heterocycles. The third-order valence-corrected chi connectivity index (χ3v) is 1.48. The Labute approximate surface area is 70.5 Å². The van der Waals surface area contributed by atoms with Gasteiger partial charge in [0.2, 0.25) is 0 Å². The summed E-state index contributed by atoms with van der Waals surface area (Å²) in [5.41, 5.74) is 0.148. The number of nitrogens with zero attached hydrogens (tertiary/aromatic N) is 1. The molecular formula is C9H9NO2. The van der Waals surface area contributed by atoms with Crippen LogP contribution in [0.25, 0.3) is 0 Å². The average molecular weight is 163 g/mol. The van der Waals surface area contributed by atoms with Crippen molar-refractivity contribution in [3.63, 3.8) is 0 Å². The number of hydrogen-bond acceptors (Lipinski definition) is 3. The maximum absolute atomic E-state index is 11.1. The van der Waals surface area contributed by atoms with E-state index < -0.39 is 0 Å². The lowest BCUT2D eigenvalue weighted by Crippen LogP contribution is -2.07. The highest BCUT2D eigenvalue weighted by atomic mass is 16.1. The molecule has 3 nitrogen and oxygen atoms in total. The van der Waals surface area contributed by atoms with Crippen molar-refractivity contribution in [3.8, 4) is 0 Å². The Hall–Kier alpha value is -1.51. The summed E-state index contributed by atoms with van der Waals surface area (Å²) < 4.78 is 0. The van der Waals surface area contributed by atoms with Gasteiger partial charge in [-0.3, -0.25) is 14.6 Å². The molecule has 3 heteroatoms. The number of carbonyl (C=O) groups excluding carboxylic acids is 2. The second-order valence-corrected chi connectivity index (χ2v) is 2.50. The SMILES string of the molecule is C=C1N=C/C=C\CC(=O)CC1=O. The van der Waals surface area contributed by atoms with Gasteiger partial charge >= 0.3 is 0 Å². The highest BCUT2D eigenvalue weighted by Crippen LogP contribution is 2.03. The van der Waals surface area contributed by atoms with Crippen LogP contribution in [0.15, 0.2) is 29.4 Å². The number of carbonyl (C=O) groups is 2. The van der Waals surface area contributed by atoms with Crippen molar-refractivity contribution in [3.05, 3.63) is 24.4 Å². The average Bonchev–Trinajstić information content (AvgIpc) is 2.07. The van der Waals surface area contributed by atoms with Crippen LogP contribution in [0, 0.1) is 0 Å². The van der Waals surface area contributed by atoms with Gasteiger partial charge in [0.25, 0.3) is 0 Å². The van der Waals surface area contributed by atoms with E-state index in [1.807, 2.05) is 0 Å². The van der Waals surface area contributed by atoms with Gasteiger partial charge in [0, 0.05) is 12.6 Å². The number of ketones is 2. The van der Waals surface area contributed by atoms with Crippen LogP contribution in [0.5, 0.6) is 0 Å². The predicted molar refractivity (Wildman–Crippen MR) is 46.0 cm³/mol. The summed E-state index contributed by atoms with van der Waals surface area (Å²) in [4.78, 5) is 25.8. The first kappa shape index (κ1) is 8.59. The molecule has 0 aromatic heterocycles. The Morgan fingerprint density at radius 2 is 2.17 bits per heavy atom. The van der Waals surface area contributed by atoms with Gasteiger partial charge in [-0.25, -0.2) is 0 Å². The van der Waals surface area contributed by atoms with Crippen LogP contribution in [-0.2, 0) is 9.59 Å². The fraction of sp³-hybridized carbons (Fsp3) is 0.222. The first-order valence-corrected chi connectivity index (χ1v) is 3.63. The van der Waals surface area contributed by atoms with Crippen molar-refractivity contribution in [1.82, 2.24) is 0 Å². The summed E-state index contributed by atoms with van der Waals surface area (Å²) in [5.74, 6) is -0.386. The summed E-state index contributed by atoms with van der Waals surface area (Å²) >= 11 is 0. The first-order chi connectivity index (χ1) is 5.70. The Morgan fingerprint density at radius 3 is 2.92 bits per heavy atom. The summed E-state index contributed by atoms with van der Waals surface area (Å²) in [6.07, 6.45) is 5.00. The molecule has 0 radical (unpaired) electrons. The maximum atomic E-state index is 11.1. The van der Waals surface area contributed by atoms with E-state index in [1.54, 1.807) is 12.2 Å². The lowest BCUT2D eigenvalue weighted by molar-refractivity contribution is -0.124. The van der Waals surface area contributed by atoms with Gasteiger partial charge in [-0.05, 0) is 6.08 Å².